The van der Waals surface area contributed by atoms with Crippen molar-refractivity contribution >= 4 is 17.8 Å². The van der Waals surface area contributed by atoms with Crippen LogP contribution in [0.1, 0.15) is 18.4 Å². The van der Waals surface area contributed by atoms with Gasteiger partial charge in [-0.1, -0.05) is 30.3 Å². The number of hydrogen-bond acceptors (Lipinski definition) is 3. The first-order valence-electron chi connectivity index (χ1n) is 7.44. The normalized spacial score (nSPS) is 14.6. The zero-order valence-electron chi connectivity index (χ0n) is 12.7. The molecule has 0 bridgehead atoms. The molecule has 118 valence electrons. The molecule has 0 aromatic heterocycles. The van der Waals surface area contributed by atoms with Crippen molar-refractivity contribution in [2.75, 3.05) is 26.7 Å². The van der Waals surface area contributed by atoms with Gasteiger partial charge in [-0.05, 0) is 18.4 Å². The van der Waals surface area contributed by atoms with Crippen molar-refractivity contribution in [1.29, 1.82) is 0 Å². The summed E-state index contributed by atoms with van der Waals surface area (Å²) in [5.74, 6) is -0.250. The minimum Gasteiger partial charge on any atom is -0.356 e. The van der Waals surface area contributed by atoms with Crippen LogP contribution >= 0.6 is 0 Å². The summed E-state index contributed by atoms with van der Waals surface area (Å²) in [4.78, 5) is 37.5. The van der Waals surface area contributed by atoms with Gasteiger partial charge < -0.3 is 10.2 Å². The number of likely N-dealkylation sites (N-methyl/N-ethyl adjacent to an activating group) is 1. The Morgan fingerprint density at radius 3 is 2.59 bits per heavy atom. The van der Waals surface area contributed by atoms with Crippen LogP contribution in [0.25, 0.3) is 0 Å². The quantitative estimate of drug-likeness (QED) is 0.765. The maximum Gasteiger partial charge on any atom is 0.326 e. The molecule has 1 aliphatic heterocycles. The Kier molecular flexibility index (Phi) is 5.52. The molecule has 0 unspecified atom stereocenters. The van der Waals surface area contributed by atoms with Gasteiger partial charge in [-0.3, -0.25) is 14.5 Å². The lowest BCUT2D eigenvalue weighted by atomic mass is 10.1. The number of imide groups is 1. The van der Waals surface area contributed by atoms with Gasteiger partial charge in [0.1, 0.15) is 6.54 Å². The Hall–Kier alpha value is -2.37. The highest BCUT2D eigenvalue weighted by atomic mass is 16.2. The summed E-state index contributed by atoms with van der Waals surface area (Å²) < 4.78 is 0. The second-order valence-electron chi connectivity index (χ2n) is 5.37. The molecule has 0 spiro atoms. The maximum atomic E-state index is 11.7. The van der Waals surface area contributed by atoms with Crippen molar-refractivity contribution in [2.45, 2.75) is 19.3 Å². The standard InChI is InChI=1S/C16H21N3O3/c1-18-12-15(21)19(16(18)22)11-5-8-14(20)17-10-9-13-6-3-2-4-7-13/h2-4,6-7H,5,8-12H2,1H3,(H,17,20). The van der Waals surface area contributed by atoms with Crippen molar-refractivity contribution in [1.82, 2.24) is 15.1 Å². The van der Waals surface area contributed by atoms with Gasteiger partial charge in [0.25, 0.3) is 0 Å². The lowest BCUT2D eigenvalue weighted by molar-refractivity contribution is -0.126. The summed E-state index contributed by atoms with van der Waals surface area (Å²) in [5, 5.41) is 2.85. The first-order chi connectivity index (χ1) is 10.6. The minimum absolute atomic E-state index is 0.0524. The van der Waals surface area contributed by atoms with Crippen LogP contribution in [-0.2, 0) is 16.0 Å². The van der Waals surface area contributed by atoms with E-state index in [1.54, 1.807) is 7.05 Å². The molecule has 1 fully saturated rings. The summed E-state index contributed by atoms with van der Waals surface area (Å²) in [6, 6.07) is 9.66. The highest BCUT2D eigenvalue weighted by Gasteiger charge is 2.32. The Bertz CT molecular complexity index is 545. The first-order valence-corrected chi connectivity index (χ1v) is 7.44. The van der Waals surface area contributed by atoms with E-state index < -0.39 is 0 Å². The number of benzene rings is 1. The van der Waals surface area contributed by atoms with Crippen LogP contribution < -0.4 is 5.32 Å². The number of nitrogens with zero attached hydrogens (tertiary/aromatic N) is 2. The van der Waals surface area contributed by atoms with E-state index in [9.17, 15) is 14.4 Å². The molecule has 1 aliphatic rings. The van der Waals surface area contributed by atoms with E-state index >= 15 is 0 Å². The number of carbonyl (C=O) groups is 3. The van der Waals surface area contributed by atoms with Crippen molar-refractivity contribution < 1.29 is 14.4 Å². The average Bonchev–Trinajstić information content (AvgIpc) is 2.74. The molecule has 1 saturated heterocycles. The predicted molar refractivity (Wildman–Crippen MR) is 82.1 cm³/mol. The third-order valence-corrected chi connectivity index (χ3v) is 3.60. The summed E-state index contributed by atoms with van der Waals surface area (Å²) in [5.41, 5.74) is 1.18. The Morgan fingerprint density at radius 2 is 1.95 bits per heavy atom. The van der Waals surface area contributed by atoms with E-state index in [4.69, 9.17) is 0 Å². The Morgan fingerprint density at radius 1 is 1.23 bits per heavy atom. The third-order valence-electron chi connectivity index (χ3n) is 3.60. The average molecular weight is 303 g/mol. The zero-order chi connectivity index (χ0) is 15.9. The zero-order valence-corrected chi connectivity index (χ0v) is 12.7. The van der Waals surface area contributed by atoms with E-state index in [0.717, 1.165) is 6.42 Å². The number of amides is 4. The van der Waals surface area contributed by atoms with Crippen molar-refractivity contribution in [3.05, 3.63) is 35.9 Å². The topological polar surface area (TPSA) is 69.7 Å². The SMILES string of the molecule is CN1CC(=O)N(CCCC(=O)NCCc2ccccc2)C1=O. The Balaban J connectivity index is 1.62. The van der Waals surface area contributed by atoms with Gasteiger partial charge in [0.2, 0.25) is 11.8 Å². The smallest absolute Gasteiger partial charge is 0.326 e. The molecular weight excluding hydrogens is 282 g/mol. The second-order valence-corrected chi connectivity index (χ2v) is 5.37. The molecule has 2 rings (SSSR count). The number of carbonyl (C=O) groups excluding carboxylic acids is 3. The molecule has 6 heteroatoms. The summed E-state index contributed by atoms with van der Waals surface area (Å²) in [6.07, 6.45) is 1.60. The summed E-state index contributed by atoms with van der Waals surface area (Å²) in [6.45, 7) is 1.02. The first kappa shape index (κ1) is 16.0. The lowest BCUT2D eigenvalue weighted by Gasteiger charge is -2.13. The van der Waals surface area contributed by atoms with Crippen LogP contribution in [0.3, 0.4) is 0 Å². The number of nitrogens with one attached hydrogen (secondary N) is 1. The fourth-order valence-corrected chi connectivity index (χ4v) is 2.37. The van der Waals surface area contributed by atoms with Crippen LogP contribution in [0.15, 0.2) is 30.3 Å². The van der Waals surface area contributed by atoms with Crippen molar-refractivity contribution in [2.24, 2.45) is 0 Å². The molecule has 4 amide bonds. The molecule has 1 N–H and O–H groups in total. The lowest BCUT2D eigenvalue weighted by Crippen LogP contribution is -2.33. The van der Waals surface area contributed by atoms with Crippen molar-refractivity contribution in [3.8, 4) is 0 Å². The highest BCUT2D eigenvalue weighted by molar-refractivity contribution is 6.01. The van der Waals surface area contributed by atoms with Gasteiger partial charge in [0.05, 0.1) is 0 Å². The van der Waals surface area contributed by atoms with E-state index in [1.807, 2.05) is 30.3 Å². The fourth-order valence-electron chi connectivity index (χ4n) is 2.37. The number of hydrogen-bond donors (Lipinski definition) is 1. The second kappa shape index (κ2) is 7.59. The molecule has 0 atom stereocenters. The summed E-state index contributed by atoms with van der Waals surface area (Å²) >= 11 is 0. The largest absolute Gasteiger partial charge is 0.356 e. The molecule has 1 aromatic carbocycles. The minimum atomic E-state index is -0.283. The monoisotopic (exact) mass is 303 g/mol. The molecule has 0 saturated carbocycles. The van der Waals surface area contributed by atoms with Gasteiger partial charge >= 0.3 is 6.03 Å². The van der Waals surface area contributed by atoms with Crippen LogP contribution in [0.5, 0.6) is 0 Å². The molecule has 1 aromatic rings. The van der Waals surface area contributed by atoms with Crippen molar-refractivity contribution in [3.63, 3.8) is 0 Å². The van der Waals surface area contributed by atoms with Crippen LogP contribution in [-0.4, -0.2) is 54.3 Å². The Labute approximate surface area is 130 Å². The molecule has 0 aliphatic carbocycles. The van der Waals surface area contributed by atoms with Gasteiger partial charge in [-0.25, -0.2) is 4.79 Å². The van der Waals surface area contributed by atoms with E-state index in [-0.39, 0.29) is 24.4 Å². The predicted octanol–water partition coefficient (Wildman–Crippen LogP) is 1.02. The van der Waals surface area contributed by atoms with Crippen LogP contribution in [0, 0.1) is 0 Å². The highest BCUT2D eigenvalue weighted by Crippen LogP contribution is 2.09. The molecule has 1 heterocycles. The maximum absolute atomic E-state index is 11.7. The van der Waals surface area contributed by atoms with Crippen LogP contribution in [0.2, 0.25) is 0 Å². The van der Waals surface area contributed by atoms with Gasteiger partial charge in [0, 0.05) is 26.6 Å². The van der Waals surface area contributed by atoms with Gasteiger partial charge in [-0.2, -0.15) is 0 Å². The molecular formula is C16H21N3O3. The number of urea groups is 1. The molecule has 22 heavy (non-hydrogen) atoms. The van der Waals surface area contributed by atoms with E-state index in [0.29, 0.717) is 25.9 Å². The van der Waals surface area contributed by atoms with Gasteiger partial charge in [-0.15, -0.1) is 0 Å². The fraction of sp³-hybridized carbons (Fsp3) is 0.438. The van der Waals surface area contributed by atoms with E-state index in [2.05, 4.69) is 5.32 Å². The van der Waals surface area contributed by atoms with Gasteiger partial charge in [0.15, 0.2) is 0 Å². The number of rotatable bonds is 7. The van der Waals surface area contributed by atoms with Crippen LogP contribution in [0.4, 0.5) is 4.79 Å². The summed E-state index contributed by atoms with van der Waals surface area (Å²) in [7, 11) is 1.59. The molecule has 0 radical (unpaired) electrons. The van der Waals surface area contributed by atoms with E-state index in [1.165, 1.54) is 15.4 Å². The molecule has 6 nitrogen and oxygen atoms in total. The third kappa shape index (κ3) is 4.31.